The third kappa shape index (κ3) is 9.85. The zero-order chi connectivity index (χ0) is 69.9. The summed E-state index contributed by atoms with van der Waals surface area (Å²) in [5.41, 5.74) is 30.9. The summed E-state index contributed by atoms with van der Waals surface area (Å²) in [5.74, 6) is 0.800. The number of hydrogen-bond acceptors (Lipinski definition) is 6. The van der Waals surface area contributed by atoms with E-state index in [2.05, 4.69) is 251 Å². The van der Waals surface area contributed by atoms with Gasteiger partial charge in [0.2, 0.25) is 0 Å². The molecule has 6 heterocycles. The first kappa shape index (κ1) is 64.8. The molecule has 4 aliphatic rings. The number of unbranched alkanes of at least 4 members (excludes halogenated alkanes) is 10. The topological polar surface area (TPSA) is 90.9 Å². The van der Waals surface area contributed by atoms with Gasteiger partial charge >= 0.3 is 0 Å². The van der Waals surface area contributed by atoms with Gasteiger partial charge in [-0.1, -0.05) is 194 Å². The second kappa shape index (κ2) is 25.6. The van der Waals surface area contributed by atoms with Gasteiger partial charge in [-0.3, -0.25) is 19.9 Å². The van der Waals surface area contributed by atoms with Crippen LogP contribution >= 0.6 is 0 Å². The number of nitrogens with zero attached hydrogens (tertiary/aromatic N) is 6. The Bertz CT molecular complexity index is 5700. The Kier molecular flexibility index (Phi) is 16.1. The molecule has 512 valence electrons. The molecule has 2 unspecified atom stereocenters. The van der Waals surface area contributed by atoms with Gasteiger partial charge in [0.05, 0.1) is 47.3 Å². The Morgan fingerprint density at radius 1 is 0.350 bits per heavy atom. The van der Waals surface area contributed by atoms with Crippen LogP contribution in [0.4, 0.5) is 0 Å². The van der Waals surface area contributed by atoms with Crippen LogP contribution in [0.25, 0.3) is 111 Å². The lowest BCUT2D eigenvalue weighted by molar-refractivity contribution is 0.282. The van der Waals surface area contributed by atoms with Gasteiger partial charge in [0.25, 0.3) is 0 Å². The number of pyridine rings is 4. The molecule has 0 spiro atoms. The van der Waals surface area contributed by atoms with Crippen LogP contribution in [-0.4, -0.2) is 41.3 Å². The fraction of sp³-hybridized carbons (Fsp3) is 0.284. The zero-order valence-corrected chi connectivity index (χ0v) is 60.7. The van der Waals surface area contributed by atoms with Crippen LogP contribution in [0.5, 0.6) is 5.75 Å². The number of benzene rings is 8. The third-order valence-corrected chi connectivity index (χ3v) is 24.5. The van der Waals surface area contributed by atoms with Crippen LogP contribution in [-0.2, 0) is 35.9 Å². The summed E-state index contributed by atoms with van der Waals surface area (Å²) in [4.78, 5) is 22.3. The number of fused-ring (bicyclic) bond motifs is 19. The quantitative estimate of drug-likeness (QED) is 0.0721. The Hall–Kier alpha value is -10.3. The maximum Gasteiger partial charge on any atom is 0.118 e. The SMILES string of the molecule is CCCCCCCCC1(CCCCCCCC)c2cc(C)ccc2-c2ccc(-c3cnc4c(c3)C3(c5ccc(OC)cc5)c5ccc6c(c5)c5cc(ccc5n6CC)-c5cnc6c(c5)C(c5ccc(CO)cc5)(c5ccc7c(c5)c5cc(ccc5n7CC)-c5cnc-4c3c5)c3cc(C)cnc3-6)cc21. The van der Waals surface area contributed by atoms with Crippen LogP contribution in [0.2, 0.25) is 0 Å². The molecule has 0 saturated heterocycles. The number of aliphatic hydroxyl groups excluding tert-OH is 1. The fourth-order valence-corrected chi connectivity index (χ4v) is 19.5. The van der Waals surface area contributed by atoms with Crippen molar-refractivity contribution in [1.29, 1.82) is 0 Å². The normalized spacial score (nSPS) is 16.2. The molecule has 0 fully saturated rings. The molecule has 4 aliphatic carbocycles. The molecular weight excluding hydrogens is 1260 g/mol. The van der Waals surface area contributed by atoms with Crippen molar-refractivity contribution >= 4 is 43.6 Å². The van der Waals surface area contributed by atoms with Crippen molar-refractivity contribution in [2.45, 2.75) is 167 Å². The van der Waals surface area contributed by atoms with Crippen molar-refractivity contribution < 1.29 is 9.84 Å². The molecular formula is C95H90N6O2. The lowest BCUT2D eigenvalue weighted by Gasteiger charge is -2.34. The Labute approximate surface area is 605 Å². The van der Waals surface area contributed by atoms with Crippen LogP contribution < -0.4 is 4.74 Å². The maximum atomic E-state index is 10.5. The molecule has 18 rings (SSSR count). The fourth-order valence-electron chi connectivity index (χ4n) is 19.5. The average Bonchev–Trinajstić information content (AvgIpc) is 1.54. The average molecular weight is 1350 g/mol. The molecule has 103 heavy (non-hydrogen) atoms. The highest BCUT2D eigenvalue weighted by Gasteiger charge is 2.51. The van der Waals surface area contributed by atoms with E-state index in [0.29, 0.717) is 0 Å². The zero-order valence-electron chi connectivity index (χ0n) is 60.7. The first-order chi connectivity index (χ1) is 50.6. The standard InChI is InChI=1S/C95H90N6O2/c1-8-12-14-16-18-20-42-93(43-21-19-17-15-13-9-2)79-44-59(5)22-36-73(79)74-37-25-64(48-80(74)93)67-51-84-92(99-57-67)91-83-50-66(56-98-91)63-27-39-85-75(47-63)77-52-70(32-40-87(77)100(85)10-3)94(68-28-23-61(58-102)24-29-68)81-45-60(6)54-96-89(81)90-82(94)49-65(55-97-90)62-26-38-86-76(46-62)78-53-71(33-41-88(78)101(86)11-4)95(83,84)69-30-34-72(103-7)35-31-69/h22-41,44-57,102H,8-21,42-43,58H2,1-7H3. The Morgan fingerprint density at radius 3 is 1.20 bits per heavy atom. The highest BCUT2D eigenvalue weighted by molar-refractivity contribution is 6.12. The molecule has 0 amide bonds. The van der Waals surface area contributed by atoms with Crippen LogP contribution in [0.1, 0.15) is 190 Å². The van der Waals surface area contributed by atoms with Gasteiger partial charge in [0.1, 0.15) is 5.75 Å². The molecule has 0 aliphatic heterocycles. The summed E-state index contributed by atoms with van der Waals surface area (Å²) in [6.45, 7) is 15.1. The van der Waals surface area contributed by atoms with E-state index in [9.17, 15) is 5.11 Å². The van der Waals surface area contributed by atoms with Gasteiger partial charge in [-0.2, -0.15) is 0 Å². The van der Waals surface area contributed by atoms with Crippen molar-refractivity contribution in [3.05, 3.63) is 279 Å². The van der Waals surface area contributed by atoms with Gasteiger partial charge in [-0.15, -0.1) is 0 Å². The second-order valence-electron chi connectivity index (χ2n) is 30.2. The molecule has 2 atom stereocenters. The lowest BCUT2D eigenvalue weighted by atomic mass is 9.67. The van der Waals surface area contributed by atoms with E-state index < -0.39 is 10.8 Å². The first-order valence-corrected chi connectivity index (χ1v) is 38.3. The Balaban J connectivity index is 0.894. The van der Waals surface area contributed by atoms with Crippen molar-refractivity contribution in [3.63, 3.8) is 0 Å². The van der Waals surface area contributed by atoms with E-state index in [-0.39, 0.29) is 12.0 Å². The molecule has 6 aromatic heterocycles. The maximum absolute atomic E-state index is 10.5. The molecule has 14 aromatic rings. The molecule has 0 saturated carbocycles. The number of rotatable bonds is 21. The number of aryl methyl sites for hydroxylation is 4. The molecule has 8 aromatic carbocycles. The first-order valence-electron chi connectivity index (χ1n) is 38.3. The van der Waals surface area contributed by atoms with Crippen molar-refractivity contribution in [2.24, 2.45) is 0 Å². The van der Waals surface area contributed by atoms with Gasteiger partial charge in [0.15, 0.2) is 0 Å². The van der Waals surface area contributed by atoms with E-state index in [4.69, 9.17) is 24.7 Å². The molecule has 8 nitrogen and oxygen atoms in total. The van der Waals surface area contributed by atoms with Gasteiger partial charge in [-0.25, -0.2) is 0 Å². The van der Waals surface area contributed by atoms with Gasteiger partial charge in [-0.05, 0) is 203 Å². The predicted octanol–water partition coefficient (Wildman–Crippen LogP) is 23.4. The van der Waals surface area contributed by atoms with E-state index in [1.807, 2.05) is 6.20 Å². The van der Waals surface area contributed by atoms with E-state index in [0.717, 1.165) is 138 Å². The van der Waals surface area contributed by atoms with Crippen LogP contribution in [0.15, 0.2) is 207 Å². The predicted molar refractivity (Wildman–Crippen MR) is 424 cm³/mol. The second-order valence-corrected chi connectivity index (χ2v) is 30.2. The number of hydrogen-bond donors (Lipinski definition) is 1. The monoisotopic (exact) mass is 1350 g/mol. The summed E-state index contributed by atoms with van der Waals surface area (Å²) >= 11 is 0. The van der Waals surface area contributed by atoms with Gasteiger partial charge in [0, 0.05) is 120 Å². The molecule has 1 N–H and O–H groups in total. The van der Waals surface area contributed by atoms with Crippen LogP contribution in [0, 0.1) is 13.8 Å². The minimum Gasteiger partial charge on any atom is -0.497 e. The summed E-state index contributed by atoms with van der Waals surface area (Å²) in [7, 11) is 1.76. The number of methoxy groups -OCH3 is 1. The summed E-state index contributed by atoms with van der Waals surface area (Å²) in [6.07, 6.45) is 25.9. The minimum absolute atomic E-state index is 0.0475. The van der Waals surface area contributed by atoms with E-state index >= 15 is 0 Å². The highest BCUT2D eigenvalue weighted by Crippen LogP contribution is 2.61. The van der Waals surface area contributed by atoms with E-state index in [1.54, 1.807) is 7.11 Å². The van der Waals surface area contributed by atoms with Crippen molar-refractivity contribution in [3.8, 4) is 73.0 Å². The Morgan fingerprint density at radius 2 is 0.728 bits per heavy atom. The summed E-state index contributed by atoms with van der Waals surface area (Å²) < 4.78 is 11.0. The smallest absolute Gasteiger partial charge is 0.118 e. The van der Waals surface area contributed by atoms with Crippen molar-refractivity contribution in [2.75, 3.05) is 7.11 Å². The third-order valence-electron chi connectivity index (χ3n) is 24.5. The van der Waals surface area contributed by atoms with Gasteiger partial charge < -0.3 is 19.0 Å². The molecule has 0 radical (unpaired) electrons. The van der Waals surface area contributed by atoms with Crippen molar-refractivity contribution in [1.82, 2.24) is 29.1 Å². The largest absolute Gasteiger partial charge is 0.497 e. The van der Waals surface area contributed by atoms with E-state index in [1.165, 1.54) is 154 Å². The minimum atomic E-state index is -0.915. The number of aliphatic hydroxyl groups is 1. The number of ether oxygens (including phenoxy) is 1. The summed E-state index contributed by atoms with van der Waals surface area (Å²) in [5, 5.41) is 15.2. The summed E-state index contributed by atoms with van der Waals surface area (Å²) in [6, 6.07) is 70.5. The molecule has 8 heteroatoms. The molecule has 12 bridgehead atoms. The highest BCUT2D eigenvalue weighted by atomic mass is 16.5. The van der Waals surface area contributed by atoms with Crippen LogP contribution in [0.3, 0.4) is 0 Å². The lowest BCUT2D eigenvalue weighted by Crippen LogP contribution is -2.29. The number of aromatic nitrogens is 6.